The van der Waals surface area contributed by atoms with Crippen molar-refractivity contribution in [1.29, 1.82) is 0 Å². The Morgan fingerprint density at radius 2 is 1.59 bits per heavy atom. The van der Waals surface area contributed by atoms with Crippen molar-refractivity contribution in [1.82, 2.24) is 0 Å². The highest BCUT2D eigenvalue weighted by molar-refractivity contribution is 5.76. The molecule has 1 aliphatic rings. The first-order valence-corrected chi connectivity index (χ1v) is 11.0. The van der Waals surface area contributed by atoms with E-state index < -0.39 is 5.97 Å². The zero-order chi connectivity index (χ0) is 20.6. The number of carbonyl (C=O) groups excluding carboxylic acids is 1. The summed E-state index contributed by atoms with van der Waals surface area (Å²) in [4.78, 5) is 23.0. The summed E-state index contributed by atoms with van der Waals surface area (Å²) in [6, 6.07) is 0. The van der Waals surface area contributed by atoms with Gasteiger partial charge in [0.1, 0.15) is 6.10 Å². The molecule has 27 heavy (non-hydrogen) atoms. The maximum atomic E-state index is 12.3. The van der Waals surface area contributed by atoms with Gasteiger partial charge in [-0.15, -0.1) is 0 Å². The lowest BCUT2D eigenvalue weighted by molar-refractivity contribution is -0.162. The summed E-state index contributed by atoms with van der Waals surface area (Å²) in [6.45, 7) is 13.7. The van der Waals surface area contributed by atoms with Gasteiger partial charge in [-0.25, -0.2) is 0 Å². The van der Waals surface area contributed by atoms with Gasteiger partial charge in [0.25, 0.3) is 0 Å². The van der Waals surface area contributed by atoms with E-state index in [1.165, 1.54) is 19.3 Å². The molecule has 0 aromatic heterocycles. The minimum absolute atomic E-state index is 0.0237. The minimum Gasteiger partial charge on any atom is -0.481 e. The van der Waals surface area contributed by atoms with Crippen LogP contribution >= 0.6 is 0 Å². The summed E-state index contributed by atoms with van der Waals surface area (Å²) in [5.41, 5.74) is 0.229. The second-order valence-corrected chi connectivity index (χ2v) is 9.95. The van der Waals surface area contributed by atoms with Crippen molar-refractivity contribution in [3.63, 3.8) is 0 Å². The first-order valence-electron chi connectivity index (χ1n) is 11.0. The third-order valence-electron chi connectivity index (χ3n) is 5.91. The van der Waals surface area contributed by atoms with Gasteiger partial charge >= 0.3 is 11.9 Å². The molecular weight excluding hydrogens is 340 g/mol. The number of carboxylic acid groups (broad SMARTS) is 1. The van der Waals surface area contributed by atoms with Gasteiger partial charge in [-0.2, -0.15) is 0 Å². The SMILES string of the molecule is CC(C)CCC1C(OC(=O)CCC(=O)O)CCCC1(CC(C)C)CC(C)C. The molecule has 0 aromatic rings. The number of carbonyl (C=O) groups is 2. The zero-order valence-electron chi connectivity index (χ0n) is 18.4. The largest absolute Gasteiger partial charge is 0.481 e. The molecule has 158 valence electrons. The van der Waals surface area contributed by atoms with Crippen molar-refractivity contribution in [2.75, 3.05) is 0 Å². The van der Waals surface area contributed by atoms with Gasteiger partial charge in [-0.1, -0.05) is 48.0 Å². The summed E-state index contributed by atoms with van der Waals surface area (Å²) in [5.74, 6) is 0.958. The van der Waals surface area contributed by atoms with Crippen molar-refractivity contribution in [2.24, 2.45) is 29.1 Å². The van der Waals surface area contributed by atoms with Crippen molar-refractivity contribution >= 4 is 11.9 Å². The standard InChI is InChI=1S/C23H42O4/c1-16(2)9-10-19-20(27-22(26)12-11-21(24)25)8-7-13-23(19,14-17(3)4)15-18(5)6/h16-20H,7-15H2,1-6H3,(H,24,25). The van der Waals surface area contributed by atoms with Gasteiger partial charge in [0.2, 0.25) is 0 Å². The predicted molar refractivity (Wildman–Crippen MR) is 110 cm³/mol. The number of hydrogen-bond donors (Lipinski definition) is 1. The topological polar surface area (TPSA) is 63.6 Å². The molecule has 0 heterocycles. The highest BCUT2D eigenvalue weighted by atomic mass is 16.5. The third-order valence-corrected chi connectivity index (χ3v) is 5.91. The highest BCUT2D eigenvalue weighted by Gasteiger charge is 2.46. The molecule has 0 saturated heterocycles. The minimum atomic E-state index is -0.944. The Kier molecular flexibility index (Phi) is 9.83. The molecule has 0 aromatic carbocycles. The summed E-state index contributed by atoms with van der Waals surface area (Å²) in [5, 5.41) is 8.84. The van der Waals surface area contributed by atoms with Gasteiger partial charge in [0.15, 0.2) is 0 Å². The fraction of sp³-hybridized carbons (Fsp3) is 0.913. The van der Waals surface area contributed by atoms with Crippen LogP contribution in [0.5, 0.6) is 0 Å². The lowest BCUT2D eigenvalue weighted by Crippen LogP contribution is -2.46. The third kappa shape index (κ3) is 8.23. The maximum absolute atomic E-state index is 12.3. The Labute approximate surface area is 166 Å². The van der Waals surface area contributed by atoms with Crippen LogP contribution in [0.2, 0.25) is 0 Å². The van der Waals surface area contributed by atoms with Crippen molar-refractivity contribution in [3.8, 4) is 0 Å². The van der Waals surface area contributed by atoms with Crippen LogP contribution in [0.1, 0.15) is 99.3 Å². The Balaban J connectivity index is 3.04. The average molecular weight is 383 g/mol. The molecule has 2 unspecified atom stereocenters. The molecule has 0 amide bonds. The first kappa shape index (κ1) is 24.0. The van der Waals surface area contributed by atoms with Crippen LogP contribution in [-0.2, 0) is 14.3 Å². The molecule has 4 heteroatoms. The average Bonchev–Trinajstić information content (AvgIpc) is 2.50. The fourth-order valence-electron chi connectivity index (χ4n) is 5.24. The monoisotopic (exact) mass is 382 g/mol. The van der Waals surface area contributed by atoms with Crippen LogP contribution in [0.4, 0.5) is 0 Å². The van der Waals surface area contributed by atoms with Gasteiger partial charge in [0.05, 0.1) is 12.8 Å². The molecule has 0 bridgehead atoms. The number of aliphatic carboxylic acids is 1. The first-order chi connectivity index (χ1) is 12.6. The molecule has 1 aliphatic carbocycles. The number of rotatable bonds is 11. The fourth-order valence-corrected chi connectivity index (χ4v) is 5.24. The molecule has 0 spiro atoms. The number of carboxylic acids is 1. The van der Waals surface area contributed by atoms with Crippen LogP contribution < -0.4 is 0 Å². The smallest absolute Gasteiger partial charge is 0.306 e. The van der Waals surface area contributed by atoms with Crippen molar-refractivity contribution < 1.29 is 19.4 Å². The molecule has 4 nitrogen and oxygen atoms in total. The van der Waals surface area contributed by atoms with E-state index in [4.69, 9.17) is 9.84 Å². The summed E-state index contributed by atoms with van der Waals surface area (Å²) < 4.78 is 5.90. The van der Waals surface area contributed by atoms with Crippen LogP contribution in [0.15, 0.2) is 0 Å². The normalized spacial score (nSPS) is 22.4. The molecule has 1 fully saturated rings. The Bertz CT molecular complexity index is 457. The highest BCUT2D eigenvalue weighted by Crippen LogP contribution is 2.52. The zero-order valence-corrected chi connectivity index (χ0v) is 18.4. The molecular formula is C23H42O4. The van der Waals surface area contributed by atoms with E-state index in [-0.39, 0.29) is 30.3 Å². The molecule has 0 aliphatic heterocycles. The van der Waals surface area contributed by atoms with Crippen LogP contribution in [0.3, 0.4) is 0 Å². The second kappa shape index (κ2) is 11.1. The van der Waals surface area contributed by atoms with Gasteiger partial charge < -0.3 is 9.84 Å². The summed E-state index contributed by atoms with van der Waals surface area (Å²) in [7, 11) is 0. The van der Waals surface area contributed by atoms with E-state index >= 15 is 0 Å². The van der Waals surface area contributed by atoms with Crippen LogP contribution in [0, 0.1) is 29.1 Å². The number of ether oxygens (including phenoxy) is 1. The molecule has 1 N–H and O–H groups in total. The van der Waals surface area contributed by atoms with Crippen molar-refractivity contribution in [2.45, 2.75) is 105 Å². The predicted octanol–water partition coefficient (Wildman–Crippen LogP) is 6.08. The lowest BCUT2D eigenvalue weighted by atomic mass is 9.57. The van der Waals surface area contributed by atoms with Crippen LogP contribution in [-0.4, -0.2) is 23.1 Å². The maximum Gasteiger partial charge on any atom is 0.306 e. The quantitative estimate of drug-likeness (QED) is 0.440. The second-order valence-electron chi connectivity index (χ2n) is 9.95. The molecule has 0 radical (unpaired) electrons. The summed E-state index contributed by atoms with van der Waals surface area (Å²) >= 11 is 0. The molecule has 2 atom stereocenters. The van der Waals surface area contributed by atoms with Crippen LogP contribution in [0.25, 0.3) is 0 Å². The van der Waals surface area contributed by atoms with Gasteiger partial charge in [-0.05, 0) is 61.7 Å². The number of hydrogen-bond acceptors (Lipinski definition) is 3. The summed E-state index contributed by atoms with van der Waals surface area (Å²) in [6.07, 6.45) is 7.59. The molecule has 1 saturated carbocycles. The van der Waals surface area contributed by atoms with E-state index in [1.54, 1.807) is 0 Å². The Morgan fingerprint density at radius 3 is 2.07 bits per heavy atom. The van der Waals surface area contributed by atoms with E-state index in [9.17, 15) is 9.59 Å². The van der Waals surface area contributed by atoms with E-state index in [1.807, 2.05) is 0 Å². The lowest BCUT2D eigenvalue weighted by Gasteiger charge is -2.50. The van der Waals surface area contributed by atoms with E-state index in [0.717, 1.165) is 25.7 Å². The molecule has 1 rings (SSSR count). The van der Waals surface area contributed by atoms with E-state index in [0.29, 0.717) is 23.7 Å². The Hall–Kier alpha value is -1.06. The Morgan fingerprint density at radius 1 is 1.00 bits per heavy atom. The van der Waals surface area contributed by atoms with Crippen molar-refractivity contribution in [3.05, 3.63) is 0 Å². The number of esters is 1. The van der Waals surface area contributed by atoms with Gasteiger partial charge in [-0.3, -0.25) is 9.59 Å². The van der Waals surface area contributed by atoms with E-state index in [2.05, 4.69) is 41.5 Å². The van der Waals surface area contributed by atoms with Gasteiger partial charge in [0, 0.05) is 5.92 Å².